The molecular formula is C21H23FN4O4. The fraction of sp³-hybridized carbons (Fsp3) is 0.238. The van der Waals surface area contributed by atoms with E-state index in [1.165, 1.54) is 48.5 Å². The van der Waals surface area contributed by atoms with Crippen molar-refractivity contribution < 1.29 is 18.9 Å². The molecule has 9 heteroatoms. The van der Waals surface area contributed by atoms with Gasteiger partial charge in [-0.05, 0) is 51.3 Å². The van der Waals surface area contributed by atoms with Crippen LogP contribution in [-0.4, -0.2) is 48.8 Å². The Bertz CT molecular complexity index is 942. The molecule has 0 aliphatic carbocycles. The zero-order chi connectivity index (χ0) is 22.1. The largest absolute Gasteiger partial charge is 0.351 e. The molecule has 2 aromatic carbocycles. The molecule has 0 radical (unpaired) electrons. The summed E-state index contributed by atoms with van der Waals surface area (Å²) in [6, 6.07) is 10.8. The van der Waals surface area contributed by atoms with Crippen LogP contribution in [0, 0.1) is 15.9 Å². The summed E-state index contributed by atoms with van der Waals surface area (Å²) in [5.74, 6) is -1.75. The lowest BCUT2D eigenvalue weighted by Crippen LogP contribution is -2.36. The number of nitro benzene ring substituents is 1. The predicted molar refractivity (Wildman–Crippen MR) is 111 cm³/mol. The summed E-state index contributed by atoms with van der Waals surface area (Å²) < 4.78 is 14.0. The average Bonchev–Trinajstić information content (AvgIpc) is 2.72. The van der Waals surface area contributed by atoms with Gasteiger partial charge in [0.2, 0.25) is 0 Å². The van der Waals surface area contributed by atoms with Crippen molar-refractivity contribution >= 4 is 23.6 Å². The SMILES string of the molecule is CN(C)CCCNC(=O)/C(=C/c1ccccc1F)NC(=O)c1ccc([N+](=O)[O-])cc1. The number of carbonyl (C=O) groups excluding carboxylic acids is 2. The maximum absolute atomic E-state index is 14.0. The minimum absolute atomic E-state index is 0.125. The minimum Gasteiger partial charge on any atom is -0.351 e. The summed E-state index contributed by atoms with van der Waals surface area (Å²) in [5, 5.41) is 15.9. The Hall–Kier alpha value is -3.59. The Kier molecular flexibility index (Phi) is 8.18. The summed E-state index contributed by atoms with van der Waals surface area (Å²) in [6.45, 7) is 1.14. The van der Waals surface area contributed by atoms with Gasteiger partial charge in [0.15, 0.2) is 0 Å². The number of hydrogen-bond donors (Lipinski definition) is 2. The first-order chi connectivity index (χ1) is 14.3. The van der Waals surface area contributed by atoms with Crippen molar-refractivity contribution in [1.29, 1.82) is 0 Å². The molecule has 0 unspecified atom stereocenters. The molecule has 0 aliphatic rings. The number of halogens is 1. The lowest BCUT2D eigenvalue weighted by Gasteiger charge is -2.13. The third kappa shape index (κ3) is 6.78. The number of nitrogens with one attached hydrogen (secondary N) is 2. The third-order valence-electron chi connectivity index (χ3n) is 4.11. The van der Waals surface area contributed by atoms with Crippen molar-refractivity contribution in [2.75, 3.05) is 27.2 Å². The third-order valence-corrected chi connectivity index (χ3v) is 4.11. The molecular weight excluding hydrogens is 391 g/mol. The normalized spacial score (nSPS) is 11.3. The Morgan fingerprint density at radius 3 is 2.40 bits per heavy atom. The lowest BCUT2D eigenvalue weighted by molar-refractivity contribution is -0.384. The first-order valence-corrected chi connectivity index (χ1v) is 9.23. The first-order valence-electron chi connectivity index (χ1n) is 9.23. The number of non-ortho nitro benzene ring substituents is 1. The van der Waals surface area contributed by atoms with Gasteiger partial charge in [-0.15, -0.1) is 0 Å². The minimum atomic E-state index is -0.643. The van der Waals surface area contributed by atoms with Crippen molar-refractivity contribution in [3.8, 4) is 0 Å². The summed E-state index contributed by atoms with van der Waals surface area (Å²) >= 11 is 0. The molecule has 2 amide bonds. The van der Waals surface area contributed by atoms with Gasteiger partial charge in [-0.25, -0.2) is 4.39 Å². The fourth-order valence-corrected chi connectivity index (χ4v) is 2.53. The van der Waals surface area contributed by atoms with E-state index in [9.17, 15) is 24.1 Å². The quantitative estimate of drug-likeness (QED) is 0.284. The van der Waals surface area contributed by atoms with Crippen LogP contribution < -0.4 is 10.6 Å². The lowest BCUT2D eigenvalue weighted by atomic mass is 10.1. The second kappa shape index (κ2) is 10.8. The summed E-state index contributed by atoms with van der Waals surface area (Å²) in [7, 11) is 3.82. The molecule has 2 N–H and O–H groups in total. The Morgan fingerprint density at radius 2 is 1.80 bits per heavy atom. The van der Waals surface area contributed by atoms with E-state index in [1.807, 2.05) is 19.0 Å². The highest BCUT2D eigenvalue weighted by Gasteiger charge is 2.16. The highest BCUT2D eigenvalue weighted by atomic mass is 19.1. The van der Waals surface area contributed by atoms with Crippen molar-refractivity contribution in [1.82, 2.24) is 15.5 Å². The smallest absolute Gasteiger partial charge is 0.269 e. The average molecular weight is 414 g/mol. The maximum Gasteiger partial charge on any atom is 0.269 e. The van der Waals surface area contributed by atoms with Crippen LogP contribution in [0.2, 0.25) is 0 Å². The van der Waals surface area contributed by atoms with Gasteiger partial charge in [-0.1, -0.05) is 18.2 Å². The Labute approximate surface area is 173 Å². The molecule has 0 spiro atoms. The van der Waals surface area contributed by atoms with Crippen LogP contribution in [0.1, 0.15) is 22.3 Å². The molecule has 0 aromatic heterocycles. The summed E-state index contributed by atoms with van der Waals surface area (Å²) in [4.78, 5) is 37.3. The molecule has 0 aliphatic heterocycles. The van der Waals surface area contributed by atoms with Gasteiger partial charge < -0.3 is 15.5 Å². The second-order valence-corrected chi connectivity index (χ2v) is 6.75. The van der Waals surface area contributed by atoms with Gasteiger partial charge in [-0.3, -0.25) is 19.7 Å². The number of amides is 2. The van der Waals surface area contributed by atoms with Crippen LogP contribution in [0.3, 0.4) is 0 Å². The zero-order valence-corrected chi connectivity index (χ0v) is 16.7. The van der Waals surface area contributed by atoms with Crippen LogP contribution in [0.15, 0.2) is 54.2 Å². The standard InChI is InChI=1S/C21H23FN4O4/c1-25(2)13-5-12-23-21(28)19(14-16-6-3-4-7-18(16)22)24-20(27)15-8-10-17(11-9-15)26(29)30/h3-4,6-11,14H,5,12-13H2,1-2H3,(H,23,28)(H,24,27)/b19-14-. The molecule has 2 aromatic rings. The number of carbonyl (C=O) groups is 2. The number of rotatable bonds is 9. The van der Waals surface area contributed by atoms with Crippen LogP contribution in [0.25, 0.3) is 6.08 Å². The Balaban J connectivity index is 2.20. The van der Waals surface area contributed by atoms with Crippen LogP contribution in [-0.2, 0) is 4.79 Å². The van der Waals surface area contributed by atoms with Gasteiger partial charge in [0.05, 0.1) is 4.92 Å². The molecule has 0 saturated carbocycles. The predicted octanol–water partition coefficient (Wildman–Crippen LogP) is 2.57. The van der Waals surface area contributed by atoms with E-state index < -0.39 is 22.6 Å². The monoisotopic (exact) mass is 414 g/mol. The number of nitrogens with zero attached hydrogens (tertiary/aromatic N) is 2. The second-order valence-electron chi connectivity index (χ2n) is 6.75. The molecule has 8 nitrogen and oxygen atoms in total. The first kappa shape index (κ1) is 22.7. The van der Waals surface area contributed by atoms with Gasteiger partial charge in [0.1, 0.15) is 11.5 Å². The van der Waals surface area contributed by atoms with E-state index >= 15 is 0 Å². The number of benzene rings is 2. The molecule has 0 atom stereocenters. The van der Waals surface area contributed by atoms with Crippen molar-refractivity contribution in [2.24, 2.45) is 0 Å². The number of hydrogen-bond acceptors (Lipinski definition) is 5. The molecule has 158 valence electrons. The number of nitro groups is 1. The van der Waals surface area contributed by atoms with Crippen LogP contribution in [0.4, 0.5) is 10.1 Å². The van der Waals surface area contributed by atoms with Gasteiger partial charge in [0, 0.05) is 29.8 Å². The van der Waals surface area contributed by atoms with Gasteiger partial charge in [0.25, 0.3) is 17.5 Å². The van der Waals surface area contributed by atoms with Crippen LogP contribution in [0.5, 0.6) is 0 Å². The van der Waals surface area contributed by atoms with Crippen molar-refractivity contribution in [3.63, 3.8) is 0 Å². The molecule has 0 saturated heterocycles. The highest BCUT2D eigenvalue weighted by Crippen LogP contribution is 2.14. The molecule has 2 rings (SSSR count). The van der Waals surface area contributed by atoms with E-state index in [2.05, 4.69) is 10.6 Å². The molecule has 0 fully saturated rings. The van der Waals surface area contributed by atoms with Crippen molar-refractivity contribution in [2.45, 2.75) is 6.42 Å². The summed E-state index contributed by atoms with van der Waals surface area (Å²) in [5.41, 5.74) is -0.0269. The highest BCUT2D eigenvalue weighted by molar-refractivity contribution is 6.05. The molecule has 0 bridgehead atoms. The molecule has 0 heterocycles. The fourth-order valence-electron chi connectivity index (χ4n) is 2.53. The van der Waals surface area contributed by atoms with E-state index in [1.54, 1.807) is 6.07 Å². The summed E-state index contributed by atoms with van der Waals surface area (Å²) in [6.07, 6.45) is 1.95. The van der Waals surface area contributed by atoms with Crippen molar-refractivity contribution in [3.05, 3.63) is 81.3 Å². The Morgan fingerprint density at radius 1 is 1.13 bits per heavy atom. The van der Waals surface area contributed by atoms with Gasteiger partial charge >= 0.3 is 0 Å². The van der Waals surface area contributed by atoms with E-state index in [0.29, 0.717) is 13.0 Å². The zero-order valence-electron chi connectivity index (χ0n) is 16.7. The van der Waals surface area contributed by atoms with Gasteiger partial charge in [-0.2, -0.15) is 0 Å². The van der Waals surface area contributed by atoms with E-state index in [0.717, 1.165) is 6.54 Å². The topological polar surface area (TPSA) is 105 Å². The van der Waals surface area contributed by atoms with Crippen LogP contribution >= 0.6 is 0 Å². The molecule has 30 heavy (non-hydrogen) atoms. The maximum atomic E-state index is 14.0. The van der Waals surface area contributed by atoms with E-state index in [4.69, 9.17) is 0 Å². The van der Waals surface area contributed by atoms with E-state index in [-0.39, 0.29) is 22.5 Å².